The summed E-state index contributed by atoms with van der Waals surface area (Å²) in [6.07, 6.45) is 3.81. The van der Waals surface area contributed by atoms with Crippen LogP contribution < -0.4 is 9.73 Å². The number of sulfonamides is 1. The summed E-state index contributed by atoms with van der Waals surface area (Å²) in [5, 5.41) is 4.43. The first-order valence-corrected chi connectivity index (χ1v) is 14.2. The van der Waals surface area contributed by atoms with E-state index in [2.05, 4.69) is 31.3 Å². The fraction of sp³-hybridized carbons (Fsp3) is 0.333. The Balaban J connectivity index is 1.62. The minimum absolute atomic E-state index is 0.0884. The van der Waals surface area contributed by atoms with E-state index in [9.17, 15) is 13.2 Å². The van der Waals surface area contributed by atoms with Crippen LogP contribution in [0.3, 0.4) is 0 Å². The normalized spacial score (nSPS) is 16.2. The molecule has 1 amide bonds. The first-order chi connectivity index (χ1) is 17.7. The van der Waals surface area contributed by atoms with Crippen LogP contribution in [0.1, 0.15) is 62.4 Å². The molecule has 4 rings (SSSR count). The van der Waals surface area contributed by atoms with Crippen molar-refractivity contribution in [1.29, 1.82) is 0 Å². The van der Waals surface area contributed by atoms with Crippen molar-refractivity contribution in [2.24, 2.45) is 16.4 Å². The van der Waals surface area contributed by atoms with Gasteiger partial charge in [-0.15, -0.1) is 0 Å². The number of nitrogens with zero attached hydrogens (tertiary/aromatic N) is 2. The molecule has 0 saturated heterocycles. The summed E-state index contributed by atoms with van der Waals surface area (Å²) in [5.74, 6) is 0.208. The van der Waals surface area contributed by atoms with Gasteiger partial charge in [0.1, 0.15) is 0 Å². The highest BCUT2D eigenvalue weighted by Crippen LogP contribution is 2.37. The molecular formula is C30H35N3O3S. The van der Waals surface area contributed by atoms with E-state index in [4.69, 9.17) is 0 Å². The molecule has 37 heavy (non-hydrogen) atoms. The summed E-state index contributed by atoms with van der Waals surface area (Å²) in [4.78, 5) is 13.5. The number of rotatable bonds is 7. The van der Waals surface area contributed by atoms with Crippen molar-refractivity contribution < 1.29 is 13.2 Å². The second-order valence-corrected chi connectivity index (χ2v) is 12.4. The molecule has 7 heteroatoms. The lowest BCUT2D eigenvalue weighted by Crippen LogP contribution is -2.33. The highest BCUT2D eigenvalue weighted by molar-refractivity contribution is 7.92. The molecule has 6 nitrogen and oxygen atoms in total. The molecular weight excluding hydrogens is 482 g/mol. The van der Waals surface area contributed by atoms with Crippen LogP contribution in [-0.4, -0.2) is 20.0 Å². The SMILES string of the molecule is CC(C)(C)C1CCC(=NNC(=O)c2ccccc2N(Cc2ccccc2)S(=O)(=O)c2ccccc2)CC1. The average Bonchev–Trinajstić information content (AvgIpc) is 2.91. The summed E-state index contributed by atoms with van der Waals surface area (Å²) in [6, 6.07) is 24.4. The molecule has 0 unspecified atom stereocenters. The maximum absolute atomic E-state index is 13.8. The van der Waals surface area contributed by atoms with E-state index < -0.39 is 15.9 Å². The molecule has 1 aliphatic rings. The second kappa shape index (κ2) is 11.3. The zero-order valence-corrected chi connectivity index (χ0v) is 22.5. The number of hydrogen-bond acceptors (Lipinski definition) is 4. The van der Waals surface area contributed by atoms with E-state index in [1.54, 1.807) is 54.6 Å². The zero-order valence-electron chi connectivity index (χ0n) is 21.7. The number of para-hydroxylation sites is 1. The molecule has 3 aromatic carbocycles. The lowest BCUT2D eigenvalue weighted by atomic mass is 9.72. The summed E-state index contributed by atoms with van der Waals surface area (Å²) in [7, 11) is -3.95. The smallest absolute Gasteiger partial charge is 0.267 e. The Morgan fingerprint density at radius 1 is 0.892 bits per heavy atom. The molecule has 194 valence electrons. The molecule has 0 bridgehead atoms. The van der Waals surface area contributed by atoms with Crippen molar-refractivity contribution in [3.05, 3.63) is 96.1 Å². The summed E-state index contributed by atoms with van der Waals surface area (Å²) < 4.78 is 28.9. The van der Waals surface area contributed by atoms with E-state index in [0.29, 0.717) is 11.6 Å². The Bertz CT molecular complexity index is 1340. The monoisotopic (exact) mass is 517 g/mol. The third kappa shape index (κ3) is 6.46. The van der Waals surface area contributed by atoms with Crippen molar-refractivity contribution in [2.75, 3.05) is 4.31 Å². The predicted octanol–water partition coefficient (Wildman–Crippen LogP) is 6.40. The molecule has 1 fully saturated rings. The van der Waals surface area contributed by atoms with Crippen LogP contribution in [0, 0.1) is 11.3 Å². The molecule has 1 N–H and O–H groups in total. The molecule has 3 aromatic rings. The van der Waals surface area contributed by atoms with Crippen LogP contribution >= 0.6 is 0 Å². The van der Waals surface area contributed by atoms with E-state index in [1.165, 1.54) is 4.31 Å². The van der Waals surface area contributed by atoms with Gasteiger partial charge in [0.05, 0.1) is 22.7 Å². The lowest BCUT2D eigenvalue weighted by Gasteiger charge is -2.34. The van der Waals surface area contributed by atoms with Crippen LogP contribution in [0.4, 0.5) is 5.69 Å². The van der Waals surface area contributed by atoms with Crippen molar-refractivity contribution in [1.82, 2.24) is 5.43 Å². The van der Waals surface area contributed by atoms with Gasteiger partial charge in [-0.25, -0.2) is 13.8 Å². The van der Waals surface area contributed by atoms with Crippen LogP contribution in [0.5, 0.6) is 0 Å². The van der Waals surface area contributed by atoms with Gasteiger partial charge in [0.15, 0.2) is 0 Å². The largest absolute Gasteiger partial charge is 0.273 e. The van der Waals surface area contributed by atoms with Crippen molar-refractivity contribution in [3.8, 4) is 0 Å². The van der Waals surface area contributed by atoms with Crippen molar-refractivity contribution in [2.45, 2.75) is 57.9 Å². The van der Waals surface area contributed by atoms with Gasteiger partial charge in [-0.1, -0.05) is 81.4 Å². The number of hydrazone groups is 1. The van der Waals surface area contributed by atoms with Crippen molar-refractivity contribution in [3.63, 3.8) is 0 Å². The maximum atomic E-state index is 13.8. The van der Waals surface area contributed by atoms with E-state index >= 15 is 0 Å². The molecule has 0 spiro atoms. The van der Waals surface area contributed by atoms with Gasteiger partial charge in [0.2, 0.25) is 0 Å². The van der Waals surface area contributed by atoms with Gasteiger partial charge in [-0.05, 0) is 66.8 Å². The molecule has 1 aliphatic carbocycles. The highest BCUT2D eigenvalue weighted by atomic mass is 32.2. The fourth-order valence-corrected chi connectivity index (χ4v) is 6.26. The van der Waals surface area contributed by atoms with Crippen LogP contribution in [0.25, 0.3) is 0 Å². The summed E-state index contributed by atoms with van der Waals surface area (Å²) in [5.41, 5.74) is 5.32. The molecule has 0 heterocycles. The first-order valence-electron chi connectivity index (χ1n) is 12.7. The summed E-state index contributed by atoms with van der Waals surface area (Å²) in [6.45, 7) is 6.89. The number of benzene rings is 3. The lowest BCUT2D eigenvalue weighted by molar-refractivity contribution is 0.0955. The van der Waals surface area contributed by atoms with Gasteiger partial charge in [-0.3, -0.25) is 9.10 Å². The fourth-order valence-electron chi connectivity index (χ4n) is 4.77. The van der Waals surface area contributed by atoms with Gasteiger partial charge >= 0.3 is 0 Å². The molecule has 0 aliphatic heterocycles. The number of amides is 1. The van der Waals surface area contributed by atoms with Crippen molar-refractivity contribution >= 4 is 27.3 Å². The Morgan fingerprint density at radius 3 is 2.08 bits per heavy atom. The standard InChI is InChI=1S/C30H35N3O3S/c1-30(2,3)24-18-20-25(21-19-24)31-32-29(34)27-16-10-11-17-28(27)33(22-23-12-6-4-7-13-23)37(35,36)26-14-8-5-9-15-26/h4-17,24H,18-22H2,1-3H3,(H,32,34). The average molecular weight is 518 g/mol. The van der Waals surface area contributed by atoms with Gasteiger partial charge in [-0.2, -0.15) is 5.10 Å². The third-order valence-electron chi connectivity index (χ3n) is 7.02. The quantitative estimate of drug-likeness (QED) is 0.368. The van der Waals surface area contributed by atoms with Crippen LogP contribution in [0.15, 0.2) is 94.9 Å². The molecule has 0 aromatic heterocycles. The minimum Gasteiger partial charge on any atom is -0.267 e. The van der Waals surface area contributed by atoms with E-state index in [-0.39, 0.29) is 22.4 Å². The van der Waals surface area contributed by atoms with E-state index in [0.717, 1.165) is 37.0 Å². The topological polar surface area (TPSA) is 78.8 Å². The Hall–Kier alpha value is -3.45. The molecule has 0 radical (unpaired) electrons. The number of hydrogen-bond donors (Lipinski definition) is 1. The Morgan fingerprint density at radius 2 is 1.46 bits per heavy atom. The summed E-state index contributed by atoms with van der Waals surface area (Å²) >= 11 is 0. The van der Waals surface area contributed by atoms with Crippen LogP contribution in [0.2, 0.25) is 0 Å². The Kier molecular flexibility index (Phi) is 8.13. The van der Waals surface area contributed by atoms with Gasteiger partial charge < -0.3 is 0 Å². The van der Waals surface area contributed by atoms with E-state index in [1.807, 2.05) is 30.3 Å². The first kappa shape index (κ1) is 26.6. The third-order valence-corrected chi connectivity index (χ3v) is 8.79. The van der Waals surface area contributed by atoms with Gasteiger partial charge in [0, 0.05) is 5.71 Å². The number of carbonyl (C=O) groups is 1. The maximum Gasteiger partial charge on any atom is 0.273 e. The zero-order chi connectivity index (χ0) is 26.5. The minimum atomic E-state index is -3.95. The molecule has 1 saturated carbocycles. The second-order valence-electron chi connectivity index (χ2n) is 10.6. The van der Waals surface area contributed by atoms with Gasteiger partial charge in [0.25, 0.3) is 15.9 Å². The predicted molar refractivity (Wildman–Crippen MR) is 149 cm³/mol. The number of carbonyl (C=O) groups excluding carboxylic acids is 1. The Labute approximate surface area is 220 Å². The van der Waals surface area contributed by atoms with Crippen LogP contribution in [-0.2, 0) is 16.6 Å². The number of nitrogens with one attached hydrogen (secondary N) is 1. The highest BCUT2D eigenvalue weighted by Gasteiger charge is 2.30. The molecule has 0 atom stereocenters. The number of anilines is 1.